The van der Waals surface area contributed by atoms with Gasteiger partial charge < -0.3 is 0 Å². The van der Waals surface area contributed by atoms with E-state index in [2.05, 4.69) is 340 Å². The molecular weight excluding hydrogens is 1330 g/mol. The molecule has 0 aliphatic rings. The summed E-state index contributed by atoms with van der Waals surface area (Å²) in [4.78, 5) is 32.8. The largest absolute Gasteiger partial charge is 0.208 e. The Morgan fingerprint density at radius 3 is 1.08 bits per heavy atom. The molecule has 0 aliphatic heterocycles. The Kier molecular flexibility index (Phi) is 15.5. The third-order valence-electron chi connectivity index (χ3n) is 20.4. The van der Waals surface area contributed by atoms with E-state index in [9.17, 15) is 0 Å². The van der Waals surface area contributed by atoms with Crippen molar-refractivity contribution in [2.75, 3.05) is 0 Å². The van der Waals surface area contributed by atoms with Crippen LogP contribution < -0.4 is 0 Å². The van der Waals surface area contributed by atoms with Crippen molar-refractivity contribution in [1.82, 2.24) is 29.9 Å². The van der Waals surface area contributed by atoms with Crippen molar-refractivity contribution >= 4 is 84.6 Å². The summed E-state index contributed by atoms with van der Waals surface area (Å²) < 4.78 is 4.70. The molecule has 494 valence electrons. The van der Waals surface area contributed by atoms with E-state index in [1.54, 1.807) is 22.7 Å². The second-order valence-corrected chi connectivity index (χ2v) is 28.9. The molecule has 20 aromatic rings. The Hall–Kier alpha value is -13.5. The van der Waals surface area contributed by atoms with E-state index in [0.717, 1.165) is 136 Å². The van der Waals surface area contributed by atoms with Crippen molar-refractivity contribution in [3.05, 3.63) is 364 Å². The van der Waals surface area contributed by atoms with Gasteiger partial charge >= 0.3 is 0 Å². The highest BCUT2D eigenvalue weighted by Gasteiger charge is 2.25. The lowest BCUT2D eigenvalue weighted by molar-refractivity contribution is 1.08. The van der Waals surface area contributed by atoms with E-state index in [1.165, 1.54) is 36.7 Å². The lowest BCUT2D eigenvalue weighted by Crippen LogP contribution is -2.02. The van der Waals surface area contributed by atoms with Crippen LogP contribution in [0.2, 0.25) is 0 Å². The van der Waals surface area contributed by atoms with Crippen LogP contribution in [0.1, 0.15) is 0 Å². The summed E-state index contributed by atoms with van der Waals surface area (Å²) >= 11 is 3.56. The number of aromatic nitrogens is 6. The normalized spacial score (nSPS) is 11.6. The highest BCUT2D eigenvalue weighted by Crippen LogP contribution is 2.47. The van der Waals surface area contributed by atoms with Crippen molar-refractivity contribution in [2.45, 2.75) is 0 Å². The van der Waals surface area contributed by atoms with Crippen LogP contribution in [0.5, 0.6) is 0 Å². The van der Waals surface area contributed by atoms with Gasteiger partial charge in [0.15, 0.2) is 34.9 Å². The average Bonchev–Trinajstić information content (AvgIpc) is 1.16. The summed E-state index contributed by atoms with van der Waals surface area (Å²) in [6, 6.07) is 130. The van der Waals surface area contributed by atoms with Crippen LogP contribution in [0.4, 0.5) is 0 Å². The van der Waals surface area contributed by atoms with Crippen LogP contribution in [-0.2, 0) is 0 Å². The number of nitrogens with zero attached hydrogens (tertiary/aromatic N) is 6. The Bertz CT molecular complexity index is 6830. The van der Waals surface area contributed by atoms with Crippen molar-refractivity contribution in [3.8, 4) is 146 Å². The van der Waals surface area contributed by atoms with Gasteiger partial charge in [0.25, 0.3) is 0 Å². The van der Waals surface area contributed by atoms with E-state index >= 15 is 0 Å². The Morgan fingerprint density at radius 2 is 0.509 bits per heavy atom. The molecule has 0 saturated carbocycles. The number of rotatable bonds is 13. The van der Waals surface area contributed by atoms with Gasteiger partial charge in [0.1, 0.15) is 0 Å². The van der Waals surface area contributed by atoms with Gasteiger partial charge in [-0.15, -0.1) is 22.7 Å². The van der Waals surface area contributed by atoms with Gasteiger partial charge in [-0.1, -0.05) is 315 Å². The predicted octanol–water partition coefficient (Wildman–Crippen LogP) is 26.8. The molecule has 0 N–H and O–H groups in total. The van der Waals surface area contributed by atoms with Gasteiger partial charge in [-0.25, -0.2) is 29.9 Å². The van der Waals surface area contributed by atoms with Gasteiger partial charge in [0, 0.05) is 73.7 Å². The zero-order chi connectivity index (χ0) is 70.0. The van der Waals surface area contributed by atoms with Crippen molar-refractivity contribution in [3.63, 3.8) is 0 Å². The highest BCUT2D eigenvalue weighted by atomic mass is 32.1. The molecule has 4 aromatic heterocycles. The van der Waals surface area contributed by atoms with Gasteiger partial charge in [-0.2, -0.15) is 0 Å². The average molecular weight is 1390 g/mol. The summed E-state index contributed by atoms with van der Waals surface area (Å²) in [5.74, 6) is 3.69. The van der Waals surface area contributed by atoms with E-state index in [1.807, 2.05) is 24.3 Å². The number of thiophene rings is 2. The predicted molar refractivity (Wildman–Crippen MR) is 445 cm³/mol. The molecule has 0 unspecified atom stereocenters. The summed E-state index contributed by atoms with van der Waals surface area (Å²) in [6.45, 7) is 0. The molecule has 0 saturated heterocycles. The summed E-state index contributed by atoms with van der Waals surface area (Å²) in [7, 11) is 0. The fourth-order valence-corrected chi connectivity index (χ4v) is 17.7. The number of hydrogen-bond donors (Lipinski definition) is 0. The smallest absolute Gasteiger partial charge is 0.165 e. The van der Waals surface area contributed by atoms with E-state index < -0.39 is 0 Å². The first-order valence-corrected chi connectivity index (χ1v) is 37.3. The Labute approximate surface area is 620 Å². The molecule has 0 radical (unpaired) electrons. The van der Waals surface area contributed by atoms with Crippen molar-refractivity contribution in [2.24, 2.45) is 0 Å². The van der Waals surface area contributed by atoms with Crippen LogP contribution in [-0.4, -0.2) is 29.9 Å². The van der Waals surface area contributed by atoms with Crippen LogP contribution >= 0.6 is 22.7 Å². The van der Waals surface area contributed by atoms with Crippen LogP contribution in [0, 0.1) is 0 Å². The Morgan fingerprint density at radius 1 is 0.160 bits per heavy atom. The molecule has 0 aliphatic carbocycles. The second-order valence-electron chi connectivity index (χ2n) is 26.8. The van der Waals surface area contributed by atoms with Crippen LogP contribution in [0.15, 0.2) is 364 Å². The summed E-state index contributed by atoms with van der Waals surface area (Å²) in [5.41, 5.74) is 21.1. The fourth-order valence-electron chi connectivity index (χ4n) is 15.3. The topological polar surface area (TPSA) is 77.3 Å². The minimum atomic E-state index is 0.600. The molecule has 4 heterocycles. The fraction of sp³-hybridized carbons (Fsp3) is 0. The lowest BCUT2D eigenvalue weighted by Gasteiger charge is -2.17. The molecule has 0 fully saturated rings. The summed E-state index contributed by atoms with van der Waals surface area (Å²) in [5, 5.41) is 9.09. The molecule has 16 aromatic carbocycles. The molecule has 0 spiro atoms. The van der Waals surface area contributed by atoms with Crippen molar-refractivity contribution in [1.29, 1.82) is 0 Å². The minimum Gasteiger partial charge on any atom is -0.208 e. The maximum atomic E-state index is 5.70. The SMILES string of the molecule is c1ccc(-c2nc(-c3c(-c4ccc(-c5cccc(-c6cccc(-c7cc(-c8nc(-c9ccccc9)nc(-c9c(-c%10cccc(-c%11ccccc%11-c%11ccccc%11)c%10)ccc%10ccccc9%10)n8)c8sc9ccccc9c8c7)c6)c5)cc4)ccc4ccccc34)nc(-c3cccc4c3sc3ccccc34)n2)cc1. The molecule has 0 amide bonds. The maximum absolute atomic E-state index is 5.70. The monoisotopic (exact) mass is 1380 g/mol. The molecule has 20 rings (SSSR count). The molecule has 0 atom stereocenters. The van der Waals surface area contributed by atoms with E-state index in [-0.39, 0.29) is 0 Å². The van der Waals surface area contributed by atoms with Gasteiger partial charge in [-0.3, -0.25) is 0 Å². The second kappa shape index (κ2) is 26.4. The highest BCUT2D eigenvalue weighted by molar-refractivity contribution is 7.26. The van der Waals surface area contributed by atoms with Crippen molar-refractivity contribution < 1.29 is 0 Å². The number of benzene rings is 16. The quantitative estimate of drug-likeness (QED) is 0.114. The zero-order valence-corrected chi connectivity index (χ0v) is 58.8. The van der Waals surface area contributed by atoms with Gasteiger partial charge in [0.05, 0.1) is 0 Å². The maximum Gasteiger partial charge on any atom is 0.165 e. The zero-order valence-electron chi connectivity index (χ0n) is 57.1. The third kappa shape index (κ3) is 11.3. The molecule has 0 bridgehead atoms. The first-order chi connectivity index (χ1) is 52.5. The van der Waals surface area contributed by atoms with Crippen LogP contribution in [0.3, 0.4) is 0 Å². The van der Waals surface area contributed by atoms with Gasteiger partial charge in [-0.05, 0) is 148 Å². The van der Waals surface area contributed by atoms with Crippen LogP contribution in [0.25, 0.3) is 208 Å². The summed E-state index contributed by atoms with van der Waals surface area (Å²) in [6.07, 6.45) is 0. The number of hydrogen-bond acceptors (Lipinski definition) is 8. The van der Waals surface area contributed by atoms with E-state index in [0.29, 0.717) is 34.9 Å². The van der Waals surface area contributed by atoms with E-state index in [4.69, 9.17) is 29.9 Å². The standard InChI is InChI=1S/C98H60N6S2/c1-4-24-62(25-5-1)75-38-14-15-39-76(75)72-36-22-37-73(58-72)80-55-53-64-27-11-13-41-78(64)90(80)98-102-94(67-30-8-3-9-31-67)100-96(104-98)86-60-74(59-85-82-43-17-19-47-88(82)106-92(85)86)71-35-21-34-70(57-71)69-33-20-32-68(56-69)61-48-50-65(51-49-61)79-54-52-63-26-10-12-40-77(63)89(79)97-101-93(66-28-6-2-7-29-66)99-95(103-97)84-45-23-44-83-81-42-16-18-46-87(81)105-91(83)84/h1-60H. The molecular formula is C98H60N6S2. The first kappa shape index (κ1) is 62.3. The first-order valence-electron chi connectivity index (χ1n) is 35.6. The molecule has 6 nitrogen and oxygen atoms in total. The van der Waals surface area contributed by atoms with Gasteiger partial charge in [0.2, 0.25) is 0 Å². The number of fused-ring (bicyclic) bond motifs is 8. The molecule has 8 heteroatoms. The third-order valence-corrected chi connectivity index (χ3v) is 22.9. The lowest BCUT2D eigenvalue weighted by atomic mass is 9.90. The minimum absolute atomic E-state index is 0.600. The molecule has 106 heavy (non-hydrogen) atoms. The Balaban J connectivity index is 0.680.